The Morgan fingerprint density at radius 3 is 2.39 bits per heavy atom. The average Bonchev–Trinajstić information content (AvgIpc) is 2.38. The lowest BCUT2D eigenvalue weighted by atomic mass is 10.0. The van der Waals surface area contributed by atoms with Crippen molar-refractivity contribution in [3.05, 3.63) is 40.9 Å². The molecular formula is C15H20N2O. The van der Waals surface area contributed by atoms with E-state index in [1.165, 1.54) is 0 Å². The summed E-state index contributed by atoms with van der Waals surface area (Å²) < 4.78 is 0. The number of hydrogen-bond acceptors (Lipinski definition) is 1. The normalized spacial score (nSPS) is 9.89. The molecule has 0 heterocycles. The lowest BCUT2D eigenvalue weighted by Gasteiger charge is -1.98. The molecule has 0 saturated heterocycles. The Balaban J connectivity index is 2.64. The van der Waals surface area contributed by atoms with Gasteiger partial charge < -0.3 is 5.53 Å². The molecule has 0 aliphatic rings. The molecule has 0 unspecified atom stereocenters. The molecule has 0 radical (unpaired) electrons. The number of aryl methyl sites for hydroxylation is 1. The lowest BCUT2D eigenvalue weighted by molar-refractivity contribution is -0.117. The number of unbranched alkanes of at least 4 members (excludes halogenated alkanes) is 3. The second-order valence-electron chi connectivity index (χ2n) is 4.55. The Kier molecular flexibility index (Phi) is 6.03. The minimum absolute atomic E-state index is 0.0857. The standard InChI is InChI=1S/C15H20N2O/c1-3-4-5-6-7-14(18)15(17-16)13-10-8-12(2)9-11-13/h8-11H,3-7H2,1-2H3. The summed E-state index contributed by atoms with van der Waals surface area (Å²) in [6.07, 6.45) is 4.65. The van der Waals surface area contributed by atoms with Crippen LogP contribution in [0.4, 0.5) is 0 Å². The smallest absolute Gasteiger partial charge is 0.361 e. The number of carbonyl (C=O) groups is 1. The molecule has 3 nitrogen and oxygen atoms in total. The first-order valence-corrected chi connectivity index (χ1v) is 6.51. The van der Waals surface area contributed by atoms with Gasteiger partial charge in [0.2, 0.25) is 5.78 Å². The Morgan fingerprint density at radius 1 is 1.17 bits per heavy atom. The molecule has 0 aliphatic carbocycles. The number of nitrogens with zero attached hydrogens (tertiary/aromatic N) is 2. The van der Waals surface area contributed by atoms with Gasteiger partial charge in [-0.1, -0.05) is 43.9 Å². The van der Waals surface area contributed by atoms with Gasteiger partial charge in [-0.25, -0.2) is 0 Å². The summed E-state index contributed by atoms with van der Waals surface area (Å²) in [5, 5.41) is 0. The molecule has 0 fully saturated rings. The van der Waals surface area contributed by atoms with Gasteiger partial charge in [-0.2, -0.15) is 4.79 Å². The number of rotatable bonds is 7. The molecule has 0 aliphatic heterocycles. The second kappa shape index (κ2) is 7.57. The van der Waals surface area contributed by atoms with Gasteiger partial charge >= 0.3 is 5.71 Å². The fourth-order valence-electron chi connectivity index (χ4n) is 1.82. The third kappa shape index (κ3) is 4.27. The second-order valence-corrected chi connectivity index (χ2v) is 4.55. The summed E-state index contributed by atoms with van der Waals surface area (Å²) in [4.78, 5) is 15.1. The maximum Gasteiger partial charge on any atom is 0.364 e. The van der Waals surface area contributed by atoms with E-state index in [2.05, 4.69) is 11.7 Å². The number of benzene rings is 1. The van der Waals surface area contributed by atoms with Gasteiger partial charge in [-0.05, 0) is 25.5 Å². The predicted octanol–water partition coefficient (Wildman–Crippen LogP) is 3.55. The molecular weight excluding hydrogens is 224 g/mol. The lowest BCUT2D eigenvalue weighted by Crippen LogP contribution is -2.16. The van der Waals surface area contributed by atoms with E-state index in [-0.39, 0.29) is 11.5 Å². The maximum atomic E-state index is 11.9. The van der Waals surface area contributed by atoms with Gasteiger partial charge in [0.15, 0.2) is 0 Å². The van der Waals surface area contributed by atoms with Crippen LogP contribution in [0.5, 0.6) is 0 Å². The Morgan fingerprint density at radius 2 is 1.83 bits per heavy atom. The molecule has 18 heavy (non-hydrogen) atoms. The summed E-state index contributed by atoms with van der Waals surface area (Å²) in [6, 6.07) is 7.44. The molecule has 0 N–H and O–H groups in total. The third-order valence-corrected chi connectivity index (χ3v) is 2.95. The molecule has 1 rings (SSSR count). The summed E-state index contributed by atoms with van der Waals surface area (Å²) in [7, 11) is 0. The molecule has 0 amide bonds. The molecule has 3 heteroatoms. The fourth-order valence-corrected chi connectivity index (χ4v) is 1.82. The first-order chi connectivity index (χ1) is 8.69. The van der Waals surface area contributed by atoms with Crippen LogP contribution in [0.3, 0.4) is 0 Å². The Labute approximate surface area is 108 Å². The highest BCUT2D eigenvalue weighted by Gasteiger charge is 2.21. The van der Waals surface area contributed by atoms with Gasteiger partial charge in [0.1, 0.15) is 0 Å². The molecule has 96 valence electrons. The van der Waals surface area contributed by atoms with Crippen molar-refractivity contribution in [2.45, 2.75) is 46.0 Å². The van der Waals surface area contributed by atoms with Crippen LogP contribution < -0.4 is 0 Å². The van der Waals surface area contributed by atoms with Gasteiger partial charge in [0.05, 0.1) is 5.56 Å². The summed E-state index contributed by atoms with van der Waals surface area (Å²) in [5.74, 6) is -0.0857. The Hall–Kier alpha value is -1.73. The van der Waals surface area contributed by atoms with Crippen molar-refractivity contribution in [1.29, 1.82) is 0 Å². The Bertz CT molecular complexity index is 442. The molecule has 1 aromatic rings. The van der Waals surface area contributed by atoms with E-state index in [1.54, 1.807) is 0 Å². The van der Waals surface area contributed by atoms with Gasteiger partial charge in [0.25, 0.3) is 0 Å². The zero-order valence-corrected chi connectivity index (χ0v) is 11.1. The first-order valence-electron chi connectivity index (χ1n) is 6.51. The van der Waals surface area contributed by atoms with E-state index >= 15 is 0 Å². The summed E-state index contributed by atoms with van der Waals surface area (Å²) >= 11 is 0. The van der Waals surface area contributed by atoms with Crippen molar-refractivity contribution in [1.82, 2.24) is 0 Å². The zero-order chi connectivity index (χ0) is 13.4. The molecule has 0 spiro atoms. The molecule has 0 bridgehead atoms. The van der Waals surface area contributed by atoms with Crippen LogP contribution in [0.1, 0.15) is 50.2 Å². The van der Waals surface area contributed by atoms with E-state index in [9.17, 15) is 4.79 Å². The maximum absolute atomic E-state index is 11.9. The number of Topliss-reactive ketones (excluding diaryl/α,β-unsaturated/α-hetero) is 1. The number of hydrogen-bond donors (Lipinski definition) is 0. The average molecular weight is 244 g/mol. The van der Waals surface area contributed by atoms with Crippen LogP contribution >= 0.6 is 0 Å². The highest BCUT2D eigenvalue weighted by molar-refractivity contribution is 6.43. The van der Waals surface area contributed by atoms with Crippen LogP contribution in [0, 0.1) is 6.92 Å². The van der Waals surface area contributed by atoms with Crippen molar-refractivity contribution in [2.75, 3.05) is 0 Å². The van der Waals surface area contributed by atoms with Gasteiger partial charge in [-0.15, -0.1) is 0 Å². The SMILES string of the molecule is CCCCCCC(=O)C(=[N+]=[N-])c1ccc(C)cc1. The molecule has 0 saturated carbocycles. The van der Waals surface area contributed by atoms with E-state index in [1.807, 2.05) is 31.2 Å². The van der Waals surface area contributed by atoms with Crippen molar-refractivity contribution < 1.29 is 9.58 Å². The highest BCUT2D eigenvalue weighted by Crippen LogP contribution is 2.08. The zero-order valence-electron chi connectivity index (χ0n) is 11.1. The fraction of sp³-hybridized carbons (Fsp3) is 0.467. The monoisotopic (exact) mass is 244 g/mol. The largest absolute Gasteiger partial charge is 0.364 e. The molecule has 0 atom stereocenters. The topological polar surface area (TPSA) is 53.5 Å². The third-order valence-electron chi connectivity index (χ3n) is 2.95. The summed E-state index contributed by atoms with van der Waals surface area (Å²) in [6.45, 7) is 4.11. The summed E-state index contributed by atoms with van der Waals surface area (Å²) in [5.41, 5.74) is 11.0. The van der Waals surface area contributed by atoms with E-state index in [0.29, 0.717) is 12.0 Å². The van der Waals surface area contributed by atoms with Crippen molar-refractivity contribution in [3.8, 4) is 0 Å². The van der Waals surface area contributed by atoms with Crippen LogP contribution in [0.25, 0.3) is 5.53 Å². The minimum atomic E-state index is -0.0857. The van der Waals surface area contributed by atoms with Gasteiger partial charge in [0, 0.05) is 6.42 Å². The predicted molar refractivity (Wildman–Crippen MR) is 72.7 cm³/mol. The van der Waals surface area contributed by atoms with E-state index < -0.39 is 0 Å². The number of ketones is 1. The van der Waals surface area contributed by atoms with Crippen LogP contribution in [0.15, 0.2) is 24.3 Å². The van der Waals surface area contributed by atoms with Gasteiger partial charge in [-0.3, -0.25) is 4.79 Å². The number of carbonyl (C=O) groups excluding carboxylic acids is 1. The van der Waals surface area contributed by atoms with Crippen LogP contribution in [0.2, 0.25) is 0 Å². The molecule has 1 aromatic carbocycles. The first kappa shape index (κ1) is 14.3. The van der Waals surface area contributed by atoms with Crippen molar-refractivity contribution in [2.24, 2.45) is 0 Å². The van der Waals surface area contributed by atoms with Crippen molar-refractivity contribution in [3.63, 3.8) is 0 Å². The molecule has 0 aromatic heterocycles. The van der Waals surface area contributed by atoms with Crippen LogP contribution in [-0.2, 0) is 4.79 Å². The highest BCUT2D eigenvalue weighted by atomic mass is 16.1. The van der Waals surface area contributed by atoms with Crippen molar-refractivity contribution >= 4 is 11.5 Å². The van der Waals surface area contributed by atoms with Crippen LogP contribution in [-0.4, -0.2) is 16.3 Å². The minimum Gasteiger partial charge on any atom is -0.361 e. The van der Waals surface area contributed by atoms with E-state index in [0.717, 1.165) is 31.2 Å². The van der Waals surface area contributed by atoms with E-state index in [4.69, 9.17) is 5.53 Å². The quantitative estimate of drug-likeness (QED) is 0.313.